The van der Waals surface area contributed by atoms with E-state index in [4.69, 9.17) is 10.3 Å². The highest BCUT2D eigenvalue weighted by atomic mass is 32.2. The number of nitrogens with one attached hydrogen (secondary N) is 1. The van der Waals surface area contributed by atoms with E-state index in [-0.39, 0.29) is 30.5 Å². The lowest BCUT2D eigenvalue weighted by atomic mass is 9.93. The standard InChI is InChI=1S/C24H27F3N8O3.CH4O3S/c1-33-6-8-34(9-7-33)15-3-5-18(38-24(25,26)27)17(12-15)30-23-29-13-14-2-4-16-20(22(28)37)32-35(10-11-36)21(16)19(14)31-23;1-5(2,3)4/h3,5,12-13,36H,2,4,6-11H2,1H3,(H2,28,37)(H,29,30,31);1H3,(H,2,3,4). The molecule has 0 radical (unpaired) electrons. The van der Waals surface area contributed by atoms with Crippen molar-refractivity contribution in [2.24, 2.45) is 5.73 Å². The molecular formula is C25H31F3N8O6S. The van der Waals surface area contributed by atoms with Gasteiger partial charge in [-0.3, -0.25) is 14.0 Å². The number of aromatic nitrogens is 4. The summed E-state index contributed by atoms with van der Waals surface area (Å²) in [6.07, 6.45) is -1.58. The highest BCUT2D eigenvalue weighted by molar-refractivity contribution is 7.85. The molecule has 1 amide bonds. The van der Waals surface area contributed by atoms with Crippen LogP contribution in [0.3, 0.4) is 0 Å². The van der Waals surface area contributed by atoms with Crippen LogP contribution in [0.15, 0.2) is 24.4 Å². The largest absolute Gasteiger partial charge is 0.573 e. The fourth-order valence-corrected chi connectivity index (χ4v) is 4.78. The number of fused-ring (bicyclic) bond motifs is 3. The number of primary amides is 1. The molecule has 2 aliphatic rings. The van der Waals surface area contributed by atoms with Gasteiger partial charge in [-0.05, 0) is 43.7 Å². The first kappa shape index (κ1) is 31.9. The van der Waals surface area contributed by atoms with Crippen LogP contribution in [0, 0.1) is 0 Å². The first-order chi connectivity index (χ1) is 20.1. The number of aliphatic hydroxyl groups is 1. The monoisotopic (exact) mass is 628 g/mol. The number of carbonyl (C=O) groups excluding carboxylic acids is 1. The molecular weight excluding hydrogens is 597 g/mol. The van der Waals surface area contributed by atoms with Gasteiger partial charge in [0.2, 0.25) is 5.95 Å². The molecule has 1 saturated heterocycles. The molecule has 2 aromatic heterocycles. The van der Waals surface area contributed by atoms with Crippen LogP contribution < -0.4 is 20.7 Å². The van der Waals surface area contributed by atoms with Gasteiger partial charge in [0.25, 0.3) is 16.0 Å². The molecule has 3 heterocycles. The number of halogens is 3. The number of alkyl halides is 3. The van der Waals surface area contributed by atoms with Gasteiger partial charge in [0.15, 0.2) is 11.4 Å². The third-order valence-electron chi connectivity index (χ3n) is 6.63. The van der Waals surface area contributed by atoms with Crippen molar-refractivity contribution in [2.45, 2.75) is 25.7 Å². The average molecular weight is 629 g/mol. The summed E-state index contributed by atoms with van der Waals surface area (Å²) in [5.74, 6) is -1.07. The number of aryl methyl sites for hydroxylation is 1. The number of nitrogens with zero attached hydrogens (tertiary/aromatic N) is 6. The Balaban J connectivity index is 0.000000782. The lowest BCUT2D eigenvalue weighted by molar-refractivity contribution is -0.274. The van der Waals surface area contributed by atoms with E-state index in [1.54, 1.807) is 18.3 Å². The summed E-state index contributed by atoms with van der Waals surface area (Å²) in [4.78, 5) is 25.1. The van der Waals surface area contributed by atoms with E-state index >= 15 is 0 Å². The van der Waals surface area contributed by atoms with Crippen molar-refractivity contribution in [3.05, 3.63) is 41.2 Å². The number of ether oxygens (including phenoxy) is 1. The molecule has 0 bridgehead atoms. The Bertz CT molecular complexity index is 1580. The molecule has 14 nitrogen and oxygen atoms in total. The van der Waals surface area contributed by atoms with Gasteiger partial charge in [-0.1, -0.05) is 0 Å². The van der Waals surface area contributed by atoms with E-state index in [1.165, 1.54) is 10.7 Å². The van der Waals surface area contributed by atoms with Crippen molar-refractivity contribution < 1.29 is 40.8 Å². The molecule has 0 unspecified atom stereocenters. The summed E-state index contributed by atoms with van der Waals surface area (Å²) >= 11 is 0. The maximum absolute atomic E-state index is 13.2. The van der Waals surface area contributed by atoms with E-state index in [0.29, 0.717) is 36.0 Å². The molecule has 0 atom stereocenters. The molecule has 1 aliphatic carbocycles. The molecule has 5 rings (SSSR count). The Hall–Kier alpha value is -4.00. The van der Waals surface area contributed by atoms with Crippen LogP contribution in [-0.2, 0) is 29.5 Å². The number of hydrogen-bond acceptors (Lipinski definition) is 11. The van der Waals surface area contributed by atoms with Crippen LogP contribution >= 0.6 is 0 Å². The molecule has 1 fully saturated rings. The second-order valence-corrected chi connectivity index (χ2v) is 11.4. The van der Waals surface area contributed by atoms with E-state index in [1.807, 2.05) is 7.05 Å². The number of nitrogens with two attached hydrogens (primary N) is 1. The molecule has 3 aromatic rings. The van der Waals surface area contributed by atoms with Crippen molar-refractivity contribution in [1.82, 2.24) is 24.6 Å². The summed E-state index contributed by atoms with van der Waals surface area (Å²) in [5, 5.41) is 16.7. The molecule has 234 valence electrons. The van der Waals surface area contributed by atoms with Gasteiger partial charge in [-0.2, -0.15) is 13.5 Å². The minimum atomic E-state index is -4.89. The minimum absolute atomic E-state index is 0.0384. The van der Waals surface area contributed by atoms with Gasteiger partial charge < -0.3 is 30.7 Å². The number of hydrogen-bond donors (Lipinski definition) is 4. The average Bonchev–Trinajstić information content (AvgIpc) is 3.28. The summed E-state index contributed by atoms with van der Waals surface area (Å²) in [6.45, 7) is 2.99. The second kappa shape index (κ2) is 12.7. The lowest BCUT2D eigenvalue weighted by Crippen LogP contribution is -2.44. The van der Waals surface area contributed by atoms with Gasteiger partial charge in [0.05, 0.1) is 36.5 Å². The molecule has 5 N–H and O–H groups in total. The van der Waals surface area contributed by atoms with Crippen molar-refractivity contribution in [2.75, 3.05) is 56.3 Å². The first-order valence-corrected chi connectivity index (χ1v) is 14.9. The van der Waals surface area contributed by atoms with Gasteiger partial charge in [-0.25, -0.2) is 9.97 Å². The zero-order valence-electron chi connectivity index (χ0n) is 23.3. The zero-order chi connectivity index (χ0) is 31.5. The third-order valence-corrected chi connectivity index (χ3v) is 6.63. The van der Waals surface area contributed by atoms with E-state index < -0.39 is 28.1 Å². The summed E-state index contributed by atoms with van der Waals surface area (Å²) in [7, 11) is -1.65. The van der Waals surface area contributed by atoms with Crippen LogP contribution in [0.4, 0.5) is 30.5 Å². The van der Waals surface area contributed by atoms with Crippen molar-refractivity contribution in [1.29, 1.82) is 0 Å². The number of aliphatic hydroxyl groups excluding tert-OH is 1. The predicted octanol–water partition coefficient (Wildman–Crippen LogP) is 1.43. The zero-order valence-corrected chi connectivity index (χ0v) is 24.1. The molecule has 18 heteroatoms. The van der Waals surface area contributed by atoms with E-state index in [0.717, 1.165) is 37.4 Å². The molecule has 1 aromatic carbocycles. The van der Waals surface area contributed by atoms with Crippen molar-refractivity contribution in [3.63, 3.8) is 0 Å². The minimum Gasteiger partial charge on any atom is -0.404 e. The highest BCUT2D eigenvalue weighted by Crippen LogP contribution is 2.38. The number of amides is 1. The molecule has 0 spiro atoms. The number of likely N-dealkylation sites (N-methyl/N-ethyl adjacent to an activating group) is 1. The van der Waals surface area contributed by atoms with Gasteiger partial charge in [-0.15, -0.1) is 13.2 Å². The predicted molar refractivity (Wildman–Crippen MR) is 150 cm³/mol. The van der Waals surface area contributed by atoms with Crippen LogP contribution in [-0.4, -0.2) is 101 Å². The maximum atomic E-state index is 13.2. The fraction of sp³-hybridized carbons (Fsp3) is 0.440. The quantitative estimate of drug-likeness (QED) is 0.276. The second-order valence-electron chi connectivity index (χ2n) is 9.93. The normalized spacial score (nSPS) is 15.2. The molecule has 1 aliphatic heterocycles. The number of anilines is 3. The van der Waals surface area contributed by atoms with Gasteiger partial charge in [0.1, 0.15) is 0 Å². The summed E-state index contributed by atoms with van der Waals surface area (Å²) in [6, 6.07) is 4.45. The summed E-state index contributed by atoms with van der Waals surface area (Å²) in [5.41, 5.74) is 8.79. The first-order valence-electron chi connectivity index (χ1n) is 13.0. The van der Waals surface area contributed by atoms with Gasteiger partial charge in [0, 0.05) is 43.6 Å². The molecule has 43 heavy (non-hydrogen) atoms. The SMILES string of the molecule is CN1CCN(c2ccc(OC(F)(F)F)c(Nc3ncc4c(n3)-c3c(c(C(N)=O)nn3CCO)CC4)c2)CC1.CS(=O)(=O)O. The molecule has 0 saturated carbocycles. The number of piperazine rings is 1. The maximum Gasteiger partial charge on any atom is 0.573 e. The summed E-state index contributed by atoms with van der Waals surface area (Å²) < 4.78 is 71.1. The Kier molecular flexibility index (Phi) is 9.43. The number of benzene rings is 1. The van der Waals surface area contributed by atoms with Crippen LogP contribution in [0.5, 0.6) is 5.75 Å². The smallest absolute Gasteiger partial charge is 0.404 e. The topological polar surface area (TPSA) is 189 Å². The Morgan fingerprint density at radius 2 is 1.86 bits per heavy atom. The van der Waals surface area contributed by atoms with Crippen molar-refractivity contribution in [3.8, 4) is 17.1 Å². The Morgan fingerprint density at radius 3 is 2.47 bits per heavy atom. The van der Waals surface area contributed by atoms with Crippen LogP contribution in [0.2, 0.25) is 0 Å². The van der Waals surface area contributed by atoms with E-state index in [2.05, 4.69) is 34.9 Å². The van der Waals surface area contributed by atoms with Crippen LogP contribution in [0.1, 0.15) is 21.6 Å². The Labute approximate surface area is 245 Å². The Morgan fingerprint density at radius 1 is 1.19 bits per heavy atom. The van der Waals surface area contributed by atoms with Crippen LogP contribution in [0.25, 0.3) is 11.4 Å². The van der Waals surface area contributed by atoms with Gasteiger partial charge >= 0.3 is 6.36 Å². The van der Waals surface area contributed by atoms with Crippen molar-refractivity contribution >= 4 is 33.3 Å². The number of carbonyl (C=O) groups is 1. The lowest BCUT2D eigenvalue weighted by Gasteiger charge is -2.34. The van der Waals surface area contributed by atoms with E-state index in [9.17, 15) is 31.5 Å². The number of rotatable bonds is 7. The highest BCUT2D eigenvalue weighted by Gasteiger charge is 2.33. The fourth-order valence-electron chi connectivity index (χ4n) is 4.78. The third kappa shape index (κ3) is 8.31.